The third kappa shape index (κ3) is 6.45. The van der Waals surface area contributed by atoms with Gasteiger partial charge in [0.2, 0.25) is 13.5 Å². The van der Waals surface area contributed by atoms with E-state index in [1.807, 2.05) is 18.2 Å². The maximum Gasteiger partial charge on any atom is 0.250 e. The van der Waals surface area contributed by atoms with E-state index in [0.29, 0.717) is 29.9 Å². The van der Waals surface area contributed by atoms with E-state index in [2.05, 4.69) is 25.3 Å². The lowest BCUT2D eigenvalue weighted by Crippen LogP contribution is -2.15. The predicted molar refractivity (Wildman–Crippen MR) is 120 cm³/mol. The van der Waals surface area contributed by atoms with Crippen molar-refractivity contribution in [3.05, 3.63) is 65.7 Å². The van der Waals surface area contributed by atoms with Crippen molar-refractivity contribution in [1.29, 1.82) is 0 Å². The first-order chi connectivity index (χ1) is 13.6. The van der Waals surface area contributed by atoms with E-state index in [9.17, 15) is 0 Å². The molecule has 0 amide bonds. The van der Waals surface area contributed by atoms with Gasteiger partial charge in [-0.3, -0.25) is 4.98 Å². The number of hydrogen-bond acceptors (Lipinski definition) is 5. The molecule has 1 aromatic carbocycles. The lowest BCUT2D eigenvalue weighted by Gasteiger charge is -2.14. The highest BCUT2D eigenvalue weighted by molar-refractivity contribution is 6.67. The average molecular weight is 512 g/mol. The largest absolute Gasteiger partial charge is 0.354 e. The Labute approximate surface area is 197 Å². The summed E-state index contributed by atoms with van der Waals surface area (Å²) in [4.78, 5) is 17.2. The van der Waals surface area contributed by atoms with Crippen molar-refractivity contribution in [3.63, 3.8) is 0 Å². The van der Waals surface area contributed by atoms with Crippen molar-refractivity contribution >= 4 is 75.6 Å². The first kappa shape index (κ1) is 22.6. The molecule has 11 heteroatoms. The smallest absolute Gasteiger partial charge is 0.250 e. The SMILES string of the molecule is ClC(Cl)(Cl)c1ccc(-c2nc(NCCc3ccccn3)nc(C(Cl)(Cl)Cl)n2)cc1. The molecule has 0 spiro atoms. The van der Waals surface area contributed by atoms with E-state index in [4.69, 9.17) is 69.6 Å². The molecule has 2 heterocycles. The van der Waals surface area contributed by atoms with E-state index in [1.54, 1.807) is 30.5 Å². The Morgan fingerprint density at radius 2 is 1.52 bits per heavy atom. The molecule has 0 aliphatic rings. The highest BCUT2D eigenvalue weighted by atomic mass is 35.6. The van der Waals surface area contributed by atoms with Crippen molar-refractivity contribution in [2.75, 3.05) is 11.9 Å². The molecule has 5 nitrogen and oxygen atoms in total. The molecule has 0 saturated carbocycles. The molecule has 0 unspecified atom stereocenters. The molecule has 0 radical (unpaired) electrons. The first-order valence-corrected chi connectivity index (χ1v) is 10.5. The molecule has 0 fully saturated rings. The van der Waals surface area contributed by atoms with Crippen LogP contribution >= 0.6 is 69.6 Å². The number of nitrogens with one attached hydrogen (secondary N) is 1. The van der Waals surface area contributed by atoms with Crippen LogP contribution in [0.15, 0.2) is 48.7 Å². The summed E-state index contributed by atoms with van der Waals surface area (Å²) in [5, 5.41) is 3.11. The van der Waals surface area contributed by atoms with Crippen LogP contribution in [-0.2, 0) is 14.0 Å². The predicted octanol–water partition coefficient (Wildman–Crippen LogP) is 6.24. The summed E-state index contributed by atoms with van der Waals surface area (Å²) < 4.78 is -3.34. The van der Waals surface area contributed by atoms with Gasteiger partial charge >= 0.3 is 0 Å². The highest BCUT2D eigenvalue weighted by Gasteiger charge is 2.29. The molecular formula is C18H13Cl6N5. The Morgan fingerprint density at radius 1 is 0.793 bits per heavy atom. The van der Waals surface area contributed by atoms with Crippen LogP contribution in [0.4, 0.5) is 5.95 Å². The molecule has 0 atom stereocenters. The molecular weight excluding hydrogens is 499 g/mol. The van der Waals surface area contributed by atoms with Crippen LogP contribution in [0.2, 0.25) is 0 Å². The number of pyridine rings is 1. The van der Waals surface area contributed by atoms with Crippen LogP contribution < -0.4 is 5.32 Å². The summed E-state index contributed by atoms with van der Waals surface area (Å²) in [7, 11) is 0. The second kappa shape index (κ2) is 9.38. The standard InChI is InChI=1S/C18H13Cl6N5/c19-17(20,21)12-6-4-11(5-7-12)14-27-15(18(22,23)24)29-16(28-14)26-10-8-13-3-1-2-9-25-13/h1-7,9H,8,10H2,(H,26,27,28,29). The second-order valence-electron chi connectivity index (χ2n) is 5.88. The fraction of sp³-hybridized carbons (Fsp3) is 0.222. The van der Waals surface area contributed by atoms with E-state index in [1.165, 1.54) is 0 Å². The Kier molecular flexibility index (Phi) is 7.31. The first-order valence-electron chi connectivity index (χ1n) is 8.27. The quantitative estimate of drug-likeness (QED) is 0.411. The van der Waals surface area contributed by atoms with E-state index in [0.717, 1.165) is 5.69 Å². The fourth-order valence-electron chi connectivity index (χ4n) is 2.37. The number of anilines is 1. The zero-order valence-corrected chi connectivity index (χ0v) is 19.1. The molecule has 0 bridgehead atoms. The minimum atomic E-state index is -1.81. The van der Waals surface area contributed by atoms with Gasteiger partial charge in [0, 0.05) is 36.0 Å². The Balaban J connectivity index is 1.85. The van der Waals surface area contributed by atoms with Gasteiger partial charge in [0.25, 0.3) is 0 Å². The zero-order valence-electron chi connectivity index (χ0n) is 14.6. The number of nitrogens with zero attached hydrogens (tertiary/aromatic N) is 4. The Bertz CT molecular complexity index is 955. The normalized spacial score (nSPS) is 12.1. The summed E-state index contributed by atoms with van der Waals surface area (Å²) in [5.74, 6) is 0.591. The maximum atomic E-state index is 5.99. The monoisotopic (exact) mass is 509 g/mol. The van der Waals surface area contributed by atoms with Crippen molar-refractivity contribution in [2.45, 2.75) is 14.0 Å². The number of alkyl halides is 6. The number of aromatic nitrogens is 4. The third-order valence-electron chi connectivity index (χ3n) is 3.75. The van der Waals surface area contributed by atoms with E-state index in [-0.39, 0.29) is 11.8 Å². The van der Waals surface area contributed by atoms with Crippen molar-refractivity contribution in [3.8, 4) is 11.4 Å². The van der Waals surface area contributed by atoms with Crippen LogP contribution in [0.1, 0.15) is 17.1 Å². The van der Waals surface area contributed by atoms with Gasteiger partial charge in [-0.05, 0) is 12.1 Å². The van der Waals surface area contributed by atoms with Gasteiger partial charge in [-0.15, -0.1) is 0 Å². The summed E-state index contributed by atoms with van der Waals surface area (Å²) in [5.41, 5.74) is 2.09. The lowest BCUT2D eigenvalue weighted by atomic mass is 10.1. The fourth-order valence-corrected chi connectivity index (χ4v) is 3.00. The molecule has 152 valence electrons. The second-order valence-corrected chi connectivity index (χ2v) is 10.4. The molecule has 3 rings (SSSR count). The summed E-state index contributed by atoms with van der Waals surface area (Å²) in [6.45, 7) is 0.534. The Hall–Kier alpha value is -1.08. The maximum absolute atomic E-state index is 5.99. The van der Waals surface area contributed by atoms with Crippen LogP contribution in [0.25, 0.3) is 11.4 Å². The number of hydrogen-bond donors (Lipinski definition) is 1. The van der Waals surface area contributed by atoms with Gasteiger partial charge in [-0.1, -0.05) is 99.9 Å². The van der Waals surface area contributed by atoms with Gasteiger partial charge in [0.05, 0.1) is 0 Å². The third-order valence-corrected chi connectivity index (χ3v) is 4.91. The van der Waals surface area contributed by atoms with Gasteiger partial charge in [0.15, 0.2) is 11.6 Å². The van der Waals surface area contributed by atoms with Crippen LogP contribution in [-0.4, -0.2) is 26.5 Å². The van der Waals surface area contributed by atoms with Crippen LogP contribution in [0.3, 0.4) is 0 Å². The molecule has 29 heavy (non-hydrogen) atoms. The molecule has 1 N–H and O–H groups in total. The summed E-state index contributed by atoms with van der Waals surface area (Å²) >= 11 is 35.7. The van der Waals surface area contributed by atoms with Crippen LogP contribution in [0, 0.1) is 0 Å². The molecule has 3 aromatic rings. The number of benzene rings is 1. The van der Waals surface area contributed by atoms with Crippen molar-refractivity contribution in [2.24, 2.45) is 0 Å². The molecule has 0 aliphatic heterocycles. The highest BCUT2D eigenvalue weighted by Crippen LogP contribution is 2.39. The minimum absolute atomic E-state index is 0.00158. The summed E-state index contributed by atoms with van der Waals surface area (Å²) in [6, 6.07) is 12.5. The van der Waals surface area contributed by atoms with E-state index >= 15 is 0 Å². The van der Waals surface area contributed by atoms with Gasteiger partial charge in [0.1, 0.15) is 0 Å². The number of halogens is 6. The van der Waals surface area contributed by atoms with Crippen LogP contribution in [0.5, 0.6) is 0 Å². The average Bonchev–Trinajstić information content (AvgIpc) is 2.67. The number of rotatable bonds is 5. The molecule has 0 saturated heterocycles. The van der Waals surface area contributed by atoms with Gasteiger partial charge in [-0.25, -0.2) is 4.98 Å². The molecule has 2 aromatic heterocycles. The summed E-state index contributed by atoms with van der Waals surface area (Å²) in [6.07, 6.45) is 2.40. The Morgan fingerprint density at radius 3 is 2.10 bits per heavy atom. The van der Waals surface area contributed by atoms with Gasteiger partial charge < -0.3 is 5.32 Å². The molecule has 0 aliphatic carbocycles. The van der Waals surface area contributed by atoms with Crippen molar-refractivity contribution < 1.29 is 0 Å². The zero-order chi connectivity index (χ0) is 21.1. The van der Waals surface area contributed by atoms with E-state index < -0.39 is 7.59 Å². The topological polar surface area (TPSA) is 63.6 Å². The van der Waals surface area contributed by atoms with Crippen molar-refractivity contribution in [1.82, 2.24) is 19.9 Å². The van der Waals surface area contributed by atoms with Gasteiger partial charge in [-0.2, -0.15) is 9.97 Å². The lowest BCUT2D eigenvalue weighted by molar-refractivity contribution is 0.894. The minimum Gasteiger partial charge on any atom is -0.354 e.